The lowest BCUT2D eigenvalue weighted by Crippen LogP contribution is -2.23. The van der Waals surface area contributed by atoms with Crippen molar-refractivity contribution in [1.29, 1.82) is 0 Å². The van der Waals surface area contributed by atoms with E-state index in [1.54, 1.807) is 0 Å². The monoisotopic (exact) mass is 276 g/mol. The summed E-state index contributed by atoms with van der Waals surface area (Å²) >= 11 is 0. The maximum atomic E-state index is 4.58. The highest BCUT2D eigenvalue weighted by molar-refractivity contribution is 5.86. The standard InChI is InChI=1S/C19H20N2/c1-3-20-19(18-13-14(2)11-12-21-18)17-10-6-8-15-7-4-5-9-16(15)17/h4-13,19-20H,3H2,1-2H3. The van der Waals surface area contributed by atoms with Gasteiger partial charge in [0, 0.05) is 6.20 Å². The summed E-state index contributed by atoms with van der Waals surface area (Å²) in [5, 5.41) is 6.13. The number of rotatable bonds is 4. The molecule has 1 heterocycles. The van der Waals surface area contributed by atoms with Crippen LogP contribution in [0.25, 0.3) is 10.8 Å². The van der Waals surface area contributed by atoms with E-state index in [0.29, 0.717) is 0 Å². The Morgan fingerprint density at radius 3 is 2.67 bits per heavy atom. The third kappa shape index (κ3) is 2.81. The smallest absolute Gasteiger partial charge is 0.0757 e. The van der Waals surface area contributed by atoms with Crippen molar-refractivity contribution < 1.29 is 0 Å². The maximum absolute atomic E-state index is 4.58. The second-order valence-corrected chi connectivity index (χ2v) is 5.32. The van der Waals surface area contributed by atoms with Gasteiger partial charge in [-0.3, -0.25) is 4.98 Å². The van der Waals surface area contributed by atoms with Crippen molar-refractivity contribution in [2.45, 2.75) is 19.9 Å². The third-order valence-electron chi connectivity index (χ3n) is 3.77. The molecular weight excluding hydrogens is 256 g/mol. The van der Waals surface area contributed by atoms with E-state index in [4.69, 9.17) is 0 Å². The van der Waals surface area contributed by atoms with Gasteiger partial charge in [-0.25, -0.2) is 0 Å². The number of pyridine rings is 1. The normalized spacial score (nSPS) is 12.5. The summed E-state index contributed by atoms with van der Waals surface area (Å²) in [5.74, 6) is 0. The van der Waals surface area contributed by atoms with E-state index in [1.165, 1.54) is 21.9 Å². The highest BCUT2D eigenvalue weighted by atomic mass is 14.9. The van der Waals surface area contributed by atoms with Gasteiger partial charge < -0.3 is 5.32 Å². The van der Waals surface area contributed by atoms with E-state index in [2.05, 4.69) is 72.7 Å². The molecule has 0 saturated carbocycles. The number of fused-ring (bicyclic) bond motifs is 1. The fraction of sp³-hybridized carbons (Fsp3) is 0.211. The fourth-order valence-electron chi connectivity index (χ4n) is 2.80. The Balaban J connectivity index is 2.16. The van der Waals surface area contributed by atoms with Crippen LogP contribution in [0.1, 0.15) is 29.8 Å². The van der Waals surface area contributed by atoms with E-state index in [-0.39, 0.29) is 6.04 Å². The number of benzene rings is 2. The molecule has 0 amide bonds. The van der Waals surface area contributed by atoms with Gasteiger partial charge in [0.25, 0.3) is 0 Å². The van der Waals surface area contributed by atoms with Crippen LogP contribution < -0.4 is 5.32 Å². The largest absolute Gasteiger partial charge is 0.305 e. The molecule has 106 valence electrons. The van der Waals surface area contributed by atoms with Crippen molar-refractivity contribution in [2.24, 2.45) is 0 Å². The zero-order chi connectivity index (χ0) is 14.7. The maximum Gasteiger partial charge on any atom is 0.0757 e. The summed E-state index contributed by atoms with van der Waals surface area (Å²) in [6, 6.07) is 19.3. The minimum Gasteiger partial charge on any atom is -0.305 e. The van der Waals surface area contributed by atoms with Crippen molar-refractivity contribution in [1.82, 2.24) is 10.3 Å². The molecule has 1 atom stereocenters. The van der Waals surface area contributed by atoms with Crippen molar-refractivity contribution in [3.8, 4) is 0 Å². The van der Waals surface area contributed by atoms with Gasteiger partial charge in [0.05, 0.1) is 11.7 Å². The van der Waals surface area contributed by atoms with Crippen LogP contribution in [0.15, 0.2) is 60.8 Å². The quantitative estimate of drug-likeness (QED) is 0.771. The van der Waals surface area contributed by atoms with Gasteiger partial charge in [-0.05, 0) is 47.5 Å². The first-order valence-corrected chi connectivity index (χ1v) is 7.43. The molecule has 2 aromatic carbocycles. The molecule has 3 aromatic rings. The first-order valence-electron chi connectivity index (χ1n) is 7.43. The van der Waals surface area contributed by atoms with Crippen LogP contribution in [0.4, 0.5) is 0 Å². The SMILES string of the molecule is CCNC(c1cc(C)ccn1)c1cccc2ccccc12. The molecule has 2 nitrogen and oxygen atoms in total. The van der Waals surface area contributed by atoms with Crippen molar-refractivity contribution >= 4 is 10.8 Å². The van der Waals surface area contributed by atoms with Crippen molar-refractivity contribution in [3.63, 3.8) is 0 Å². The molecule has 0 spiro atoms. The lowest BCUT2D eigenvalue weighted by Gasteiger charge is -2.20. The predicted octanol–water partition coefficient (Wildman–Crippen LogP) is 4.24. The first kappa shape index (κ1) is 13.8. The zero-order valence-corrected chi connectivity index (χ0v) is 12.5. The Hall–Kier alpha value is -2.19. The van der Waals surface area contributed by atoms with Crippen LogP contribution in [-0.4, -0.2) is 11.5 Å². The Kier molecular flexibility index (Phi) is 3.98. The van der Waals surface area contributed by atoms with Gasteiger partial charge in [0.1, 0.15) is 0 Å². The zero-order valence-electron chi connectivity index (χ0n) is 12.5. The Morgan fingerprint density at radius 1 is 1.05 bits per heavy atom. The first-order chi connectivity index (χ1) is 10.3. The molecule has 2 heteroatoms. The molecule has 0 fully saturated rings. The molecule has 0 bridgehead atoms. The number of aryl methyl sites for hydroxylation is 1. The number of aromatic nitrogens is 1. The summed E-state index contributed by atoms with van der Waals surface area (Å²) in [5.41, 5.74) is 3.60. The van der Waals surface area contributed by atoms with Gasteiger partial charge in [-0.1, -0.05) is 49.4 Å². The van der Waals surface area contributed by atoms with Gasteiger partial charge in [-0.2, -0.15) is 0 Å². The average molecular weight is 276 g/mol. The van der Waals surface area contributed by atoms with E-state index >= 15 is 0 Å². The number of hydrogen-bond donors (Lipinski definition) is 1. The van der Waals surface area contributed by atoms with Crippen LogP contribution in [0.5, 0.6) is 0 Å². The highest BCUT2D eigenvalue weighted by Crippen LogP contribution is 2.28. The van der Waals surface area contributed by atoms with Crippen molar-refractivity contribution in [3.05, 3.63) is 77.6 Å². The lowest BCUT2D eigenvalue weighted by atomic mass is 9.96. The lowest BCUT2D eigenvalue weighted by molar-refractivity contribution is 0.619. The van der Waals surface area contributed by atoms with Gasteiger partial charge in [0.2, 0.25) is 0 Å². The fourth-order valence-corrected chi connectivity index (χ4v) is 2.80. The minimum absolute atomic E-state index is 0.126. The summed E-state index contributed by atoms with van der Waals surface area (Å²) in [6.45, 7) is 5.15. The third-order valence-corrected chi connectivity index (χ3v) is 3.77. The molecule has 1 unspecified atom stereocenters. The van der Waals surface area contributed by atoms with Crippen LogP contribution in [0.2, 0.25) is 0 Å². The van der Waals surface area contributed by atoms with E-state index in [9.17, 15) is 0 Å². The summed E-state index contributed by atoms with van der Waals surface area (Å²) in [4.78, 5) is 4.58. The number of nitrogens with zero attached hydrogens (tertiary/aromatic N) is 1. The van der Waals surface area contributed by atoms with Crippen LogP contribution in [0.3, 0.4) is 0 Å². The van der Waals surface area contributed by atoms with Crippen LogP contribution in [0, 0.1) is 6.92 Å². The Labute approximate surface area is 125 Å². The predicted molar refractivity (Wildman–Crippen MR) is 88.4 cm³/mol. The molecule has 0 saturated heterocycles. The minimum atomic E-state index is 0.126. The summed E-state index contributed by atoms with van der Waals surface area (Å²) in [6.07, 6.45) is 1.89. The molecule has 21 heavy (non-hydrogen) atoms. The molecule has 0 radical (unpaired) electrons. The van der Waals surface area contributed by atoms with Crippen molar-refractivity contribution in [2.75, 3.05) is 6.54 Å². The van der Waals surface area contributed by atoms with Gasteiger partial charge in [0.15, 0.2) is 0 Å². The van der Waals surface area contributed by atoms with Crippen LogP contribution in [-0.2, 0) is 0 Å². The van der Waals surface area contributed by atoms with E-state index < -0.39 is 0 Å². The van der Waals surface area contributed by atoms with E-state index in [1.807, 2.05) is 12.3 Å². The molecule has 0 aliphatic rings. The summed E-state index contributed by atoms with van der Waals surface area (Å²) in [7, 11) is 0. The molecule has 1 N–H and O–H groups in total. The second-order valence-electron chi connectivity index (χ2n) is 5.32. The van der Waals surface area contributed by atoms with Crippen LogP contribution >= 0.6 is 0 Å². The molecule has 3 rings (SSSR count). The topological polar surface area (TPSA) is 24.9 Å². The van der Waals surface area contributed by atoms with Gasteiger partial charge in [-0.15, -0.1) is 0 Å². The number of nitrogens with one attached hydrogen (secondary N) is 1. The average Bonchev–Trinajstić information content (AvgIpc) is 2.52. The summed E-state index contributed by atoms with van der Waals surface area (Å²) < 4.78 is 0. The molecular formula is C19H20N2. The second kappa shape index (κ2) is 6.06. The van der Waals surface area contributed by atoms with Gasteiger partial charge >= 0.3 is 0 Å². The highest BCUT2D eigenvalue weighted by Gasteiger charge is 2.16. The number of hydrogen-bond acceptors (Lipinski definition) is 2. The van der Waals surface area contributed by atoms with E-state index in [0.717, 1.165) is 12.2 Å². The Morgan fingerprint density at radius 2 is 1.86 bits per heavy atom. The molecule has 0 aliphatic heterocycles. The molecule has 0 aliphatic carbocycles. The Bertz CT molecular complexity index is 744. The molecule has 1 aromatic heterocycles.